The first kappa shape index (κ1) is 62.8. The Kier molecular flexibility index (Phi) is 42.8. The monoisotopic (exact) mass is 1030 g/mol. The van der Waals surface area contributed by atoms with Crippen molar-refractivity contribution >= 4 is 72.8 Å². The Morgan fingerprint density at radius 1 is 0.415 bits per heavy atom. The van der Waals surface area contributed by atoms with E-state index in [1.807, 2.05) is 36.4 Å². The molecule has 2 aromatic rings. The van der Waals surface area contributed by atoms with Gasteiger partial charge in [0.25, 0.3) is 0 Å². The first-order chi connectivity index (χ1) is 31.0. The summed E-state index contributed by atoms with van der Waals surface area (Å²) in [4.78, 5) is 43.7. The molecule has 0 amide bonds. The molecule has 10 nitrogen and oxygen atoms in total. The molecule has 0 radical (unpaired) electrons. The number of hydrogen-bond donors (Lipinski definition) is 0. The van der Waals surface area contributed by atoms with Crippen molar-refractivity contribution in [2.45, 2.75) is 245 Å². The second-order valence-electron chi connectivity index (χ2n) is 17.5. The van der Waals surface area contributed by atoms with Crippen LogP contribution in [-0.4, -0.2) is 97.2 Å². The maximum absolute atomic E-state index is 11.5. The van der Waals surface area contributed by atoms with Crippen LogP contribution in [0.15, 0.2) is 60.7 Å². The molecule has 0 aliphatic heterocycles. The first-order valence-electron chi connectivity index (χ1n) is 25.1. The summed E-state index contributed by atoms with van der Waals surface area (Å²) >= 11 is 0. The molecule has 0 bridgehead atoms. The Labute approximate surface area is 434 Å². The third-order valence-corrected chi connectivity index (χ3v) is 11.7. The fourth-order valence-electron chi connectivity index (χ4n) is 7.92. The molecular weight excluding hydrogens is 946 g/mol. The first-order valence-corrected chi connectivity index (χ1v) is 25.1. The Bertz CT molecular complexity index is 1320. The van der Waals surface area contributed by atoms with Crippen LogP contribution in [0.25, 0.3) is 0 Å². The molecule has 0 heterocycles. The van der Waals surface area contributed by atoms with Gasteiger partial charge in [-0.15, -0.1) is 0 Å². The van der Waals surface area contributed by atoms with Gasteiger partial charge in [-0.1, -0.05) is 152 Å². The third kappa shape index (κ3) is 40.6. The van der Waals surface area contributed by atoms with Crippen LogP contribution >= 0.6 is 0 Å². The van der Waals surface area contributed by atoms with Crippen LogP contribution in [0.3, 0.4) is 0 Å². The Morgan fingerprint density at radius 3 is 0.954 bits per heavy atom. The largest absolute Gasteiger partial charge is 2.00 e. The number of esters is 2. The van der Waals surface area contributed by atoms with E-state index < -0.39 is 11.9 Å². The van der Waals surface area contributed by atoms with Crippen LogP contribution in [0.5, 0.6) is 0 Å². The molecule has 2 rings (SSSR count). The molecule has 0 saturated heterocycles. The molecule has 4 atom stereocenters. The van der Waals surface area contributed by atoms with Crippen LogP contribution in [0.4, 0.5) is 0 Å². The molecule has 65 heavy (non-hydrogen) atoms. The van der Waals surface area contributed by atoms with Gasteiger partial charge in [0, 0.05) is 25.8 Å². The van der Waals surface area contributed by atoms with Crippen molar-refractivity contribution in [3.63, 3.8) is 0 Å². The number of carboxylic acid groups (broad SMARTS) is 2. The van der Waals surface area contributed by atoms with Crippen molar-refractivity contribution in [1.29, 1.82) is 0 Å². The predicted molar refractivity (Wildman–Crippen MR) is 258 cm³/mol. The topological polar surface area (TPSA) is 151 Å². The molecule has 0 N–H and O–H groups in total. The van der Waals surface area contributed by atoms with Crippen LogP contribution < -0.4 is 10.2 Å². The smallest absolute Gasteiger partial charge is 0.550 e. The SMILES string of the molecule is CCC(CCCCC(CCCCCCCCCC(=O)[O-])OC(C)=O)OCc1ccccc1.CCC(CCCCC(CCCCCCCCCC(=O)[O-])OC(C)=O)OCc1ccccc1.[Ba+2]. The second kappa shape index (κ2) is 44.3. The van der Waals surface area contributed by atoms with Crippen molar-refractivity contribution < 1.29 is 48.3 Å². The van der Waals surface area contributed by atoms with Crippen LogP contribution in [0.2, 0.25) is 0 Å². The normalized spacial score (nSPS) is 12.7. The van der Waals surface area contributed by atoms with Gasteiger partial charge >= 0.3 is 60.8 Å². The summed E-state index contributed by atoms with van der Waals surface area (Å²) < 4.78 is 23.2. The zero-order valence-corrected chi connectivity index (χ0v) is 45.5. The van der Waals surface area contributed by atoms with E-state index in [1.54, 1.807) is 0 Å². The van der Waals surface area contributed by atoms with E-state index in [2.05, 4.69) is 38.1 Å². The van der Waals surface area contributed by atoms with Gasteiger partial charge < -0.3 is 38.7 Å². The summed E-state index contributed by atoms with van der Waals surface area (Å²) in [6.07, 6.45) is 27.4. The Hall–Kier alpha value is -2.19. The van der Waals surface area contributed by atoms with Gasteiger partial charge in [-0.3, -0.25) is 9.59 Å². The number of ether oxygens (including phenoxy) is 4. The number of unbranched alkanes of at least 4 members (excludes halogenated alkanes) is 14. The summed E-state index contributed by atoms with van der Waals surface area (Å²) in [6, 6.07) is 20.5. The number of carbonyl (C=O) groups excluding carboxylic acids is 4. The van der Waals surface area contributed by atoms with E-state index in [0.29, 0.717) is 26.1 Å². The fraction of sp³-hybridized carbons (Fsp3) is 0.704. The van der Waals surface area contributed by atoms with Gasteiger partial charge in [-0.25, -0.2) is 0 Å². The van der Waals surface area contributed by atoms with E-state index in [9.17, 15) is 29.4 Å². The Balaban J connectivity index is 0.00000124. The number of carbonyl (C=O) groups is 4. The van der Waals surface area contributed by atoms with Crippen molar-refractivity contribution in [1.82, 2.24) is 0 Å². The molecule has 0 fully saturated rings. The average Bonchev–Trinajstić information content (AvgIpc) is 3.27. The van der Waals surface area contributed by atoms with Crippen LogP contribution in [-0.2, 0) is 51.3 Å². The number of aliphatic carboxylic acids is 2. The minimum absolute atomic E-state index is 0. The van der Waals surface area contributed by atoms with Gasteiger partial charge in [0.1, 0.15) is 12.2 Å². The maximum Gasteiger partial charge on any atom is 2.00 e. The Morgan fingerprint density at radius 2 is 0.677 bits per heavy atom. The number of hydrogen-bond acceptors (Lipinski definition) is 10. The standard InChI is InChI=1S/2C27H44O5.Ba/c2*1-3-25(31-22-24-16-10-9-11-17-24)18-14-15-20-26(32-23(2)28)19-12-7-5-4-6-8-13-21-27(29)30;/h2*9-11,16-17,25-26H,3-8,12-15,18-22H2,1-2H3,(H,29,30);/q;;+2/p-2. The molecule has 11 heteroatoms. The minimum atomic E-state index is -0.952. The van der Waals surface area contributed by atoms with Gasteiger partial charge in [-0.2, -0.15) is 0 Å². The zero-order chi connectivity index (χ0) is 46.9. The third-order valence-electron chi connectivity index (χ3n) is 11.7. The molecule has 0 spiro atoms. The zero-order valence-electron chi connectivity index (χ0n) is 41.1. The number of carboxylic acids is 2. The van der Waals surface area contributed by atoms with Crippen molar-refractivity contribution in [3.05, 3.63) is 71.8 Å². The van der Waals surface area contributed by atoms with Gasteiger partial charge in [0.05, 0.1) is 25.4 Å². The van der Waals surface area contributed by atoms with Gasteiger partial charge in [0.15, 0.2) is 0 Å². The summed E-state index contributed by atoms with van der Waals surface area (Å²) in [5.41, 5.74) is 2.41. The molecule has 4 unspecified atom stereocenters. The fourth-order valence-corrected chi connectivity index (χ4v) is 7.92. The summed E-state index contributed by atoms with van der Waals surface area (Å²) in [6.45, 7) is 8.63. The van der Waals surface area contributed by atoms with Gasteiger partial charge in [0.2, 0.25) is 0 Å². The molecule has 0 aliphatic rings. The quantitative estimate of drug-likeness (QED) is 0.0358. The molecule has 2 aromatic carbocycles. The van der Waals surface area contributed by atoms with Gasteiger partial charge in [-0.05, 0) is 114 Å². The van der Waals surface area contributed by atoms with E-state index in [-0.39, 0.29) is 98.1 Å². The van der Waals surface area contributed by atoms with Crippen molar-refractivity contribution in [3.8, 4) is 0 Å². The van der Waals surface area contributed by atoms with E-state index in [1.165, 1.54) is 25.0 Å². The molecular formula is C54H86BaO10. The number of rotatable bonds is 40. The maximum atomic E-state index is 11.5. The number of benzene rings is 2. The minimum Gasteiger partial charge on any atom is -0.550 e. The second-order valence-corrected chi connectivity index (χ2v) is 17.5. The molecule has 0 aromatic heterocycles. The van der Waals surface area contributed by atoms with E-state index >= 15 is 0 Å². The summed E-state index contributed by atoms with van der Waals surface area (Å²) in [7, 11) is 0. The molecule has 364 valence electrons. The molecule has 0 saturated carbocycles. The van der Waals surface area contributed by atoms with Crippen LogP contribution in [0.1, 0.15) is 219 Å². The van der Waals surface area contributed by atoms with Crippen molar-refractivity contribution in [2.24, 2.45) is 0 Å². The molecule has 0 aliphatic carbocycles. The van der Waals surface area contributed by atoms with Crippen molar-refractivity contribution in [2.75, 3.05) is 0 Å². The van der Waals surface area contributed by atoms with E-state index in [4.69, 9.17) is 18.9 Å². The average molecular weight is 1030 g/mol. The van der Waals surface area contributed by atoms with Crippen LogP contribution in [0, 0.1) is 0 Å². The summed E-state index contributed by atoms with van der Waals surface area (Å²) in [5, 5.41) is 20.8. The predicted octanol–water partition coefficient (Wildman–Crippen LogP) is 11.1. The summed E-state index contributed by atoms with van der Waals surface area (Å²) in [5.74, 6) is -2.29. The van der Waals surface area contributed by atoms with E-state index in [0.717, 1.165) is 154 Å².